The summed E-state index contributed by atoms with van der Waals surface area (Å²) in [5.41, 5.74) is 1.69. The van der Waals surface area contributed by atoms with E-state index in [0.717, 1.165) is 31.6 Å². The summed E-state index contributed by atoms with van der Waals surface area (Å²) in [5, 5.41) is 0.652. The molecule has 1 aromatic carbocycles. The van der Waals surface area contributed by atoms with Crippen molar-refractivity contribution in [1.29, 1.82) is 0 Å². The van der Waals surface area contributed by atoms with Crippen LogP contribution in [0.3, 0.4) is 0 Å². The van der Waals surface area contributed by atoms with Crippen molar-refractivity contribution in [2.24, 2.45) is 5.92 Å². The van der Waals surface area contributed by atoms with Crippen LogP contribution in [0, 0.1) is 5.92 Å². The number of aromatic nitrogens is 1. The van der Waals surface area contributed by atoms with Crippen LogP contribution in [0.5, 0.6) is 11.5 Å². The highest BCUT2D eigenvalue weighted by Crippen LogP contribution is 2.34. The van der Waals surface area contributed by atoms with Crippen LogP contribution in [0.1, 0.15) is 23.2 Å². The standard InChI is InChI=1S/C19H19ClN2O3/c20-15-12-21-6-3-16(15)22-7-4-13(5-8-22)19(23)14-1-2-17-18(11-14)25-10-9-24-17/h1-3,6,11-13H,4-5,7-10H2. The van der Waals surface area contributed by atoms with E-state index in [0.29, 0.717) is 35.3 Å². The third kappa shape index (κ3) is 3.29. The predicted octanol–water partition coefficient (Wildman–Crippen LogP) is 3.61. The summed E-state index contributed by atoms with van der Waals surface area (Å²) >= 11 is 6.22. The molecule has 6 heteroatoms. The molecule has 1 saturated heterocycles. The Hall–Kier alpha value is -2.27. The van der Waals surface area contributed by atoms with E-state index in [9.17, 15) is 4.79 Å². The number of Topliss-reactive ketones (excluding diaryl/α,β-unsaturated/α-hetero) is 1. The lowest BCUT2D eigenvalue weighted by molar-refractivity contribution is 0.0899. The normalized spacial score (nSPS) is 17.4. The Bertz CT molecular complexity index is 788. The minimum absolute atomic E-state index is 0.0272. The third-order valence-corrected chi connectivity index (χ3v) is 5.08. The zero-order chi connectivity index (χ0) is 17.2. The van der Waals surface area contributed by atoms with Crippen molar-refractivity contribution >= 4 is 23.1 Å². The number of rotatable bonds is 3. The monoisotopic (exact) mass is 358 g/mol. The summed E-state index contributed by atoms with van der Waals surface area (Å²) < 4.78 is 11.1. The fourth-order valence-corrected chi connectivity index (χ4v) is 3.68. The Balaban J connectivity index is 1.44. The van der Waals surface area contributed by atoms with E-state index < -0.39 is 0 Å². The number of fused-ring (bicyclic) bond motifs is 1. The SMILES string of the molecule is O=C(c1ccc2c(c1)OCCO2)C1CCN(c2ccncc2Cl)CC1. The second kappa shape index (κ2) is 6.92. The number of benzene rings is 1. The molecule has 2 aliphatic rings. The molecule has 0 bridgehead atoms. The van der Waals surface area contributed by atoms with Crippen LogP contribution < -0.4 is 14.4 Å². The number of ether oxygens (including phenoxy) is 2. The van der Waals surface area contributed by atoms with Crippen LogP contribution >= 0.6 is 11.6 Å². The topological polar surface area (TPSA) is 51.7 Å². The molecular weight excluding hydrogens is 340 g/mol. The van der Waals surface area contributed by atoms with Crippen molar-refractivity contribution in [3.63, 3.8) is 0 Å². The van der Waals surface area contributed by atoms with E-state index in [-0.39, 0.29) is 11.7 Å². The van der Waals surface area contributed by atoms with E-state index in [2.05, 4.69) is 9.88 Å². The largest absolute Gasteiger partial charge is 0.486 e. The van der Waals surface area contributed by atoms with Gasteiger partial charge in [0.2, 0.25) is 0 Å². The van der Waals surface area contributed by atoms with Crippen molar-refractivity contribution in [2.75, 3.05) is 31.2 Å². The summed E-state index contributed by atoms with van der Waals surface area (Å²) in [6.07, 6.45) is 5.02. The minimum Gasteiger partial charge on any atom is -0.486 e. The maximum Gasteiger partial charge on any atom is 0.166 e. The van der Waals surface area contributed by atoms with Gasteiger partial charge in [0.25, 0.3) is 0 Å². The summed E-state index contributed by atoms with van der Waals surface area (Å²) in [6.45, 7) is 2.70. The Morgan fingerprint density at radius 3 is 2.64 bits per heavy atom. The molecule has 2 aliphatic heterocycles. The zero-order valence-corrected chi connectivity index (χ0v) is 14.5. The molecule has 0 atom stereocenters. The van der Waals surface area contributed by atoms with Gasteiger partial charge in [-0.25, -0.2) is 0 Å². The number of anilines is 1. The maximum absolute atomic E-state index is 12.8. The molecule has 4 rings (SSSR count). The van der Waals surface area contributed by atoms with E-state index in [1.54, 1.807) is 12.4 Å². The van der Waals surface area contributed by atoms with Crippen molar-refractivity contribution in [1.82, 2.24) is 4.98 Å². The molecule has 5 nitrogen and oxygen atoms in total. The molecule has 0 aliphatic carbocycles. The molecule has 25 heavy (non-hydrogen) atoms. The van der Waals surface area contributed by atoms with Gasteiger partial charge < -0.3 is 14.4 Å². The van der Waals surface area contributed by atoms with Gasteiger partial charge in [-0.2, -0.15) is 0 Å². The Morgan fingerprint density at radius 1 is 1.12 bits per heavy atom. The van der Waals surface area contributed by atoms with Gasteiger partial charge in [0.1, 0.15) is 13.2 Å². The molecule has 0 N–H and O–H groups in total. The van der Waals surface area contributed by atoms with E-state index in [1.807, 2.05) is 24.3 Å². The molecule has 1 aromatic heterocycles. The molecule has 0 unspecified atom stereocenters. The zero-order valence-electron chi connectivity index (χ0n) is 13.8. The van der Waals surface area contributed by atoms with Gasteiger partial charge in [0.05, 0.1) is 10.7 Å². The average Bonchev–Trinajstić information content (AvgIpc) is 2.67. The Morgan fingerprint density at radius 2 is 1.88 bits per heavy atom. The Labute approximate surface area is 151 Å². The van der Waals surface area contributed by atoms with Crippen molar-refractivity contribution in [3.8, 4) is 11.5 Å². The predicted molar refractivity (Wildman–Crippen MR) is 95.9 cm³/mol. The number of piperidine rings is 1. The van der Waals surface area contributed by atoms with Gasteiger partial charge in [0.15, 0.2) is 17.3 Å². The number of carbonyl (C=O) groups excluding carboxylic acids is 1. The Kier molecular flexibility index (Phi) is 4.49. The number of hydrogen-bond donors (Lipinski definition) is 0. The van der Waals surface area contributed by atoms with Crippen LogP contribution in [0.4, 0.5) is 5.69 Å². The molecular formula is C19H19ClN2O3. The summed E-state index contributed by atoms with van der Waals surface area (Å²) in [4.78, 5) is 19.1. The lowest BCUT2D eigenvalue weighted by Gasteiger charge is -2.33. The highest BCUT2D eigenvalue weighted by Gasteiger charge is 2.27. The van der Waals surface area contributed by atoms with Crippen molar-refractivity contribution < 1.29 is 14.3 Å². The van der Waals surface area contributed by atoms with Crippen LogP contribution in [-0.2, 0) is 0 Å². The van der Waals surface area contributed by atoms with Gasteiger partial charge in [-0.05, 0) is 37.1 Å². The highest BCUT2D eigenvalue weighted by atomic mass is 35.5. The van der Waals surface area contributed by atoms with Crippen LogP contribution in [0.2, 0.25) is 5.02 Å². The number of ketones is 1. The summed E-state index contributed by atoms with van der Waals surface area (Å²) in [7, 11) is 0. The van der Waals surface area contributed by atoms with Gasteiger partial charge in [0, 0.05) is 37.0 Å². The smallest absolute Gasteiger partial charge is 0.166 e. The van der Waals surface area contributed by atoms with Crippen LogP contribution in [0.25, 0.3) is 0 Å². The lowest BCUT2D eigenvalue weighted by Crippen LogP contribution is -2.36. The quantitative estimate of drug-likeness (QED) is 0.784. The minimum atomic E-state index is 0.0272. The van der Waals surface area contributed by atoms with E-state index >= 15 is 0 Å². The van der Waals surface area contributed by atoms with E-state index in [1.165, 1.54) is 0 Å². The average molecular weight is 359 g/mol. The third-order valence-electron chi connectivity index (χ3n) is 4.78. The number of halogens is 1. The molecule has 0 saturated carbocycles. The van der Waals surface area contributed by atoms with Gasteiger partial charge in [-0.3, -0.25) is 9.78 Å². The van der Waals surface area contributed by atoms with Crippen LogP contribution in [-0.4, -0.2) is 37.1 Å². The molecule has 130 valence electrons. The lowest BCUT2D eigenvalue weighted by atomic mass is 9.88. The van der Waals surface area contributed by atoms with Gasteiger partial charge >= 0.3 is 0 Å². The molecule has 0 amide bonds. The van der Waals surface area contributed by atoms with E-state index in [4.69, 9.17) is 21.1 Å². The van der Waals surface area contributed by atoms with Gasteiger partial charge in [-0.15, -0.1) is 0 Å². The van der Waals surface area contributed by atoms with Crippen molar-refractivity contribution in [2.45, 2.75) is 12.8 Å². The first-order valence-electron chi connectivity index (χ1n) is 8.51. The maximum atomic E-state index is 12.8. The van der Waals surface area contributed by atoms with Crippen molar-refractivity contribution in [3.05, 3.63) is 47.2 Å². The first-order chi connectivity index (χ1) is 12.2. The highest BCUT2D eigenvalue weighted by molar-refractivity contribution is 6.33. The number of pyridine rings is 1. The second-order valence-corrected chi connectivity index (χ2v) is 6.72. The molecule has 0 spiro atoms. The fourth-order valence-electron chi connectivity index (χ4n) is 3.44. The molecule has 1 fully saturated rings. The molecule has 0 radical (unpaired) electrons. The second-order valence-electron chi connectivity index (χ2n) is 6.31. The molecule has 3 heterocycles. The first-order valence-corrected chi connectivity index (χ1v) is 8.88. The van der Waals surface area contributed by atoms with Gasteiger partial charge in [-0.1, -0.05) is 11.6 Å². The van der Waals surface area contributed by atoms with Crippen LogP contribution in [0.15, 0.2) is 36.7 Å². The molecule has 2 aromatic rings. The fraction of sp³-hybridized carbons (Fsp3) is 0.368. The number of hydrogen-bond acceptors (Lipinski definition) is 5. The summed E-state index contributed by atoms with van der Waals surface area (Å²) in [5.74, 6) is 1.58. The first kappa shape index (κ1) is 16.2. The number of nitrogens with zero attached hydrogens (tertiary/aromatic N) is 2. The summed E-state index contributed by atoms with van der Waals surface area (Å²) in [6, 6.07) is 7.39. The number of carbonyl (C=O) groups is 1.